The largest absolute Gasteiger partial charge is 0.453 e. The molecule has 3 aliphatic heterocycles. The Morgan fingerprint density at radius 3 is 1.93 bits per heavy atom. The summed E-state index contributed by atoms with van der Waals surface area (Å²) in [5, 5.41) is 13.4. The van der Waals surface area contributed by atoms with E-state index in [0.29, 0.717) is 31.9 Å². The molecule has 0 bridgehead atoms. The Morgan fingerprint density at radius 1 is 0.833 bits per heavy atom. The molecular weight excluding hydrogens is 686 g/mol. The zero-order valence-corrected chi connectivity index (χ0v) is 31.7. The molecule has 0 saturated carbocycles. The van der Waals surface area contributed by atoms with Gasteiger partial charge in [0.25, 0.3) is 5.91 Å². The number of nitrogens with one attached hydrogen (secondary N) is 3. The molecule has 7 rings (SSSR count). The first-order valence-electron chi connectivity index (χ1n) is 19.1. The van der Waals surface area contributed by atoms with Crippen LogP contribution in [0.4, 0.5) is 4.79 Å². The van der Waals surface area contributed by atoms with Crippen molar-refractivity contribution in [3.8, 4) is 33.6 Å². The lowest BCUT2D eigenvalue weighted by Gasteiger charge is -2.30. The van der Waals surface area contributed by atoms with Crippen LogP contribution < -0.4 is 5.32 Å². The van der Waals surface area contributed by atoms with E-state index in [1.807, 2.05) is 38.8 Å². The number of alkyl carbamates (subject to hydrolysis) is 1. The van der Waals surface area contributed by atoms with Gasteiger partial charge in [-0.25, -0.2) is 14.8 Å². The summed E-state index contributed by atoms with van der Waals surface area (Å²) in [5.74, 6) is 0.725. The summed E-state index contributed by atoms with van der Waals surface area (Å²) in [6.07, 6.45) is 6.06. The standard InChI is InChI=1S/C41H51N7O6/c1-24(2)34(46-40(52)53-5)38(50)47-18-6-8-32(47)36-42-21-30(44-36)28-13-9-26(10-14-28)27-11-15-29(16-12-27)31-22-43-37(45-31)33-20-41(17-7-19-54-41)23-48(33)39(51)35(49)25(3)4/h9-16,21-22,24-25,32-35,49H,6-8,17-20,23H2,1-5H3,(H,42,44)(H,43,45)(H,46,52)/t32-,33-,34-,35-,41-/m0/s1. The number of H-pyrrole nitrogens is 2. The quantitative estimate of drug-likeness (QED) is 0.154. The highest BCUT2D eigenvalue weighted by Gasteiger charge is 2.51. The van der Waals surface area contributed by atoms with E-state index in [-0.39, 0.29) is 41.3 Å². The molecule has 2 aromatic heterocycles. The van der Waals surface area contributed by atoms with Gasteiger partial charge < -0.3 is 39.7 Å². The number of aliphatic hydroxyl groups excluding tert-OH is 1. The second-order valence-corrected chi connectivity index (χ2v) is 15.6. The van der Waals surface area contributed by atoms with Crippen molar-refractivity contribution in [3.63, 3.8) is 0 Å². The first kappa shape index (κ1) is 37.3. The summed E-state index contributed by atoms with van der Waals surface area (Å²) >= 11 is 0. The van der Waals surface area contributed by atoms with Crippen LogP contribution in [0.2, 0.25) is 0 Å². The maximum Gasteiger partial charge on any atom is 0.407 e. The van der Waals surface area contributed by atoms with Crippen LogP contribution in [-0.4, -0.2) is 97.3 Å². The first-order chi connectivity index (χ1) is 26.0. The molecule has 13 heteroatoms. The van der Waals surface area contributed by atoms with Crippen LogP contribution >= 0.6 is 0 Å². The minimum absolute atomic E-state index is 0.102. The highest BCUT2D eigenvalue weighted by Crippen LogP contribution is 2.45. The van der Waals surface area contributed by atoms with Gasteiger partial charge in [-0.2, -0.15) is 0 Å². The van der Waals surface area contributed by atoms with E-state index in [2.05, 4.69) is 68.8 Å². The number of carbonyl (C=O) groups excluding carboxylic acids is 3. The van der Waals surface area contributed by atoms with Crippen LogP contribution in [0, 0.1) is 11.8 Å². The molecule has 3 fully saturated rings. The van der Waals surface area contributed by atoms with E-state index in [1.54, 1.807) is 11.1 Å². The van der Waals surface area contributed by atoms with Crippen molar-refractivity contribution in [2.45, 2.75) is 89.6 Å². The maximum absolute atomic E-state index is 13.5. The second-order valence-electron chi connectivity index (χ2n) is 15.6. The molecule has 0 unspecified atom stereocenters. The van der Waals surface area contributed by atoms with Crippen LogP contribution in [0.5, 0.6) is 0 Å². The van der Waals surface area contributed by atoms with Crippen LogP contribution in [0.1, 0.15) is 83.5 Å². The number of nitrogens with zero attached hydrogens (tertiary/aromatic N) is 4. The highest BCUT2D eigenvalue weighted by atomic mass is 16.5. The lowest BCUT2D eigenvalue weighted by atomic mass is 9.96. The van der Waals surface area contributed by atoms with Crippen LogP contribution in [0.3, 0.4) is 0 Å². The van der Waals surface area contributed by atoms with Gasteiger partial charge in [-0.1, -0.05) is 76.2 Å². The summed E-state index contributed by atoms with van der Waals surface area (Å²) in [6, 6.07) is 15.4. The maximum atomic E-state index is 13.5. The van der Waals surface area contributed by atoms with Crippen molar-refractivity contribution < 1.29 is 29.0 Å². The fraction of sp³-hybridized carbons (Fsp3) is 0.488. The number of aromatic nitrogens is 4. The van der Waals surface area contributed by atoms with E-state index < -0.39 is 18.2 Å². The minimum atomic E-state index is -1.07. The number of hydrogen-bond donors (Lipinski definition) is 4. The predicted octanol–water partition coefficient (Wildman–Crippen LogP) is 6.02. The van der Waals surface area contributed by atoms with E-state index in [4.69, 9.17) is 14.5 Å². The average molecular weight is 738 g/mol. The van der Waals surface area contributed by atoms with Crippen LogP contribution in [0.25, 0.3) is 33.6 Å². The number of amides is 3. The summed E-state index contributed by atoms with van der Waals surface area (Å²) in [7, 11) is 1.29. The Balaban J connectivity index is 1.02. The summed E-state index contributed by atoms with van der Waals surface area (Å²) in [4.78, 5) is 58.7. The SMILES string of the molecule is COC(=O)N[C@H](C(=O)N1CCC[C@H]1c1ncc(-c2ccc(-c3ccc(-c4cnc([C@@H]5C[C@@]6(CCCO6)CN5C(=O)[C@@H](O)C(C)C)[nH]4)cc3)cc2)[nH]1)C(C)C. The van der Waals surface area contributed by atoms with Gasteiger partial charge >= 0.3 is 6.09 Å². The van der Waals surface area contributed by atoms with Crippen molar-refractivity contribution >= 4 is 17.9 Å². The number of aliphatic hydroxyl groups is 1. The third-order valence-electron chi connectivity index (χ3n) is 11.2. The molecule has 13 nitrogen and oxygen atoms in total. The Bertz CT molecular complexity index is 1950. The number of hydrogen-bond acceptors (Lipinski definition) is 8. The zero-order chi connectivity index (χ0) is 38.1. The van der Waals surface area contributed by atoms with E-state index >= 15 is 0 Å². The average Bonchev–Trinajstić information content (AvgIpc) is 4.03. The third kappa shape index (κ3) is 7.39. The van der Waals surface area contributed by atoms with Gasteiger partial charge in [0, 0.05) is 19.6 Å². The monoisotopic (exact) mass is 737 g/mol. The number of rotatable bonds is 10. The normalized spacial score (nSPS) is 22.4. The van der Waals surface area contributed by atoms with Crippen molar-refractivity contribution in [2.75, 3.05) is 26.8 Å². The number of aromatic amines is 2. The molecule has 5 heterocycles. The smallest absolute Gasteiger partial charge is 0.407 e. The lowest BCUT2D eigenvalue weighted by molar-refractivity contribution is -0.144. The molecule has 2 aromatic carbocycles. The Hall–Kier alpha value is -5.01. The minimum Gasteiger partial charge on any atom is -0.453 e. The number of imidazole rings is 2. The number of methoxy groups -OCH3 is 1. The molecule has 4 aromatic rings. The molecule has 3 aliphatic rings. The second kappa shape index (κ2) is 15.4. The number of carbonyl (C=O) groups is 3. The van der Waals surface area contributed by atoms with E-state index in [1.165, 1.54) is 7.11 Å². The van der Waals surface area contributed by atoms with Crippen LogP contribution in [0.15, 0.2) is 60.9 Å². The van der Waals surface area contributed by atoms with Crippen molar-refractivity contribution in [3.05, 3.63) is 72.6 Å². The molecular formula is C41H51N7O6. The Kier molecular flexibility index (Phi) is 10.6. The number of likely N-dealkylation sites (tertiary alicyclic amines) is 2. The Labute approximate surface area is 315 Å². The van der Waals surface area contributed by atoms with E-state index in [0.717, 1.165) is 65.1 Å². The molecule has 0 aliphatic carbocycles. The number of benzene rings is 2. The topological polar surface area (TPSA) is 166 Å². The molecule has 0 radical (unpaired) electrons. The highest BCUT2D eigenvalue weighted by molar-refractivity contribution is 5.86. The molecule has 286 valence electrons. The van der Waals surface area contributed by atoms with Crippen molar-refractivity contribution in [2.24, 2.45) is 11.8 Å². The van der Waals surface area contributed by atoms with Gasteiger partial charge in [0.15, 0.2) is 0 Å². The summed E-state index contributed by atoms with van der Waals surface area (Å²) < 4.78 is 10.9. The van der Waals surface area contributed by atoms with Gasteiger partial charge in [0.1, 0.15) is 23.8 Å². The predicted molar refractivity (Wildman–Crippen MR) is 203 cm³/mol. The van der Waals surface area contributed by atoms with Gasteiger partial charge in [0.05, 0.1) is 55.1 Å². The molecule has 4 N–H and O–H groups in total. The van der Waals surface area contributed by atoms with Gasteiger partial charge in [-0.3, -0.25) is 9.59 Å². The molecule has 3 saturated heterocycles. The molecule has 5 atom stereocenters. The Morgan fingerprint density at radius 2 is 1.41 bits per heavy atom. The van der Waals surface area contributed by atoms with Crippen molar-refractivity contribution in [1.29, 1.82) is 0 Å². The molecule has 1 spiro atoms. The zero-order valence-electron chi connectivity index (χ0n) is 31.7. The summed E-state index contributed by atoms with van der Waals surface area (Å²) in [5.41, 5.74) is 5.41. The summed E-state index contributed by atoms with van der Waals surface area (Å²) in [6.45, 7) is 9.25. The molecule has 3 amide bonds. The molecule has 54 heavy (non-hydrogen) atoms. The van der Waals surface area contributed by atoms with Crippen LogP contribution in [-0.2, 0) is 19.1 Å². The van der Waals surface area contributed by atoms with Gasteiger partial charge in [-0.05, 0) is 59.8 Å². The number of ether oxygens (including phenoxy) is 2. The van der Waals surface area contributed by atoms with E-state index in [9.17, 15) is 19.5 Å². The lowest BCUT2D eigenvalue weighted by Crippen LogP contribution is -2.51. The van der Waals surface area contributed by atoms with Gasteiger partial charge in [-0.15, -0.1) is 0 Å². The first-order valence-corrected chi connectivity index (χ1v) is 19.1. The fourth-order valence-corrected chi connectivity index (χ4v) is 8.10. The third-order valence-corrected chi connectivity index (χ3v) is 11.2. The van der Waals surface area contributed by atoms with Crippen molar-refractivity contribution in [1.82, 2.24) is 35.1 Å². The fourth-order valence-electron chi connectivity index (χ4n) is 8.10. The van der Waals surface area contributed by atoms with Gasteiger partial charge in [0.2, 0.25) is 5.91 Å².